The predicted molar refractivity (Wildman–Crippen MR) is 92.0 cm³/mol. The Hall–Kier alpha value is -2.95. The predicted octanol–water partition coefficient (Wildman–Crippen LogP) is 3.40. The van der Waals surface area contributed by atoms with Gasteiger partial charge in [-0.05, 0) is 43.2 Å². The number of ether oxygens (including phenoxy) is 1. The quantitative estimate of drug-likeness (QED) is 0.747. The maximum atomic E-state index is 12.2. The molecule has 2 aromatic carbocycles. The molecule has 24 heavy (non-hydrogen) atoms. The fourth-order valence-electron chi connectivity index (χ4n) is 2.46. The third-order valence-electron chi connectivity index (χ3n) is 3.90. The lowest BCUT2D eigenvalue weighted by Crippen LogP contribution is -2.17. The first-order chi connectivity index (χ1) is 11.6. The smallest absolute Gasteiger partial charge is 0.338 e. The molecular weight excluding hydrogens is 304 g/mol. The highest BCUT2D eigenvalue weighted by atomic mass is 16.5. The van der Waals surface area contributed by atoms with Gasteiger partial charge in [0.1, 0.15) is 0 Å². The van der Waals surface area contributed by atoms with Crippen LogP contribution in [0.5, 0.6) is 0 Å². The summed E-state index contributed by atoms with van der Waals surface area (Å²) in [6, 6.07) is 14.3. The Bertz CT molecular complexity index is 929. The fourth-order valence-corrected chi connectivity index (χ4v) is 2.46. The molecule has 0 aliphatic rings. The van der Waals surface area contributed by atoms with E-state index < -0.39 is 12.1 Å². The largest absolute Gasteiger partial charge is 0.451 e. The Kier molecular flexibility index (Phi) is 4.42. The topological polar surface area (TPSA) is 72.0 Å². The van der Waals surface area contributed by atoms with E-state index in [9.17, 15) is 9.59 Å². The number of aromatic amines is 1. The van der Waals surface area contributed by atoms with E-state index in [0.717, 1.165) is 12.0 Å². The number of esters is 1. The molecule has 0 spiro atoms. The number of rotatable bonds is 4. The van der Waals surface area contributed by atoms with Crippen LogP contribution in [-0.2, 0) is 11.2 Å². The van der Waals surface area contributed by atoms with Gasteiger partial charge >= 0.3 is 5.97 Å². The van der Waals surface area contributed by atoms with Crippen molar-refractivity contribution < 1.29 is 9.53 Å². The lowest BCUT2D eigenvalue weighted by atomic mass is 10.1. The number of benzene rings is 2. The summed E-state index contributed by atoms with van der Waals surface area (Å²) in [6.07, 6.45) is 0.259. The molecular formula is C19H18N2O3. The Morgan fingerprint density at radius 1 is 1.17 bits per heavy atom. The number of carbonyl (C=O) groups excluding carboxylic acids is 1. The van der Waals surface area contributed by atoms with Gasteiger partial charge in [0.15, 0.2) is 11.9 Å². The minimum absolute atomic E-state index is 0.245. The monoisotopic (exact) mass is 322 g/mol. The van der Waals surface area contributed by atoms with Crippen molar-refractivity contribution in [3.8, 4) is 0 Å². The van der Waals surface area contributed by atoms with Crippen LogP contribution < -0.4 is 5.56 Å². The van der Waals surface area contributed by atoms with Crippen LogP contribution in [0.2, 0.25) is 0 Å². The van der Waals surface area contributed by atoms with Crippen molar-refractivity contribution in [2.75, 3.05) is 0 Å². The molecule has 0 bridgehead atoms. The van der Waals surface area contributed by atoms with Crippen molar-refractivity contribution in [2.24, 2.45) is 0 Å². The molecule has 1 aromatic heterocycles. The van der Waals surface area contributed by atoms with Crippen LogP contribution in [0.3, 0.4) is 0 Å². The number of hydrogen-bond acceptors (Lipinski definition) is 4. The summed E-state index contributed by atoms with van der Waals surface area (Å²) in [5.41, 5.74) is 1.96. The van der Waals surface area contributed by atoms with Gasteiger partial charge in [-0.2, -0.15) is 0 Å². The SMILES string of the molecule is CCc1ccc(C(=O)O[C@@H](C)c2nc3ccccc3c(=O)[nH]2)cc1. The summed E-state index contributed by atoms with van der Waals surface area (Å²) >= 11 is 0. The normalized spacial score (nSPS) is 12.1. The fraction of sp³-hybridized carbons (Fsp3) is 0.211. The lowest BCUT2D eigenvalue weighted by molar-refractivity contribution is 0.0320. The Morgan fingerprint density at radius 3 is 2.58 bits per heavy atom. The second-order valence-electron chi connectivity index (χ2n) is 5.57. The van der Waals surface area contributed by atoms with E-state index in [1.807, 2.05) is 18.2 Å². The highest BCUT2D eigenvalue weighted by molar-refractivity contribution is 5.89. The number of carbonyl (C=O) groups is 1. The first-order valence-electron chi connectivity index (χ1n) is 7.87. The van der Waals surface area contributed by atoms with E-state index in [0.29, 0.717) is 22.3 Å². The van der Waals surface area contributed by atoms with Gasteiger partial charge < -0.3 is 9.72 Å². The van der Waals surface area contributed by atoms with Crippen molar-refractivity contribution in [3.05, 3.63) is 75.8 Å². The Balaban J connectivity index is 1.82. The van der Waals surface area contributed by atoms with Crippen molar-refractivity contribution in [1.29, 1.82) is 0 Å². The maximum Gasteiger partial charge on any atom is 0.338 e. The van der Waals surface area contributed by atoms with Gasteiger partial charge in [0, 0.05) is 0 Å². The standard InChI is InChI=1S/C19H18N2O3/c1-3-13-8-10-14(11-9-13)19(23)24-12(2)17-20-16-7-5-4-6-15(16)18(22)21-17/h4-12H,3H2,1-2H3,(H,20,21,22)/t12-/m0/s1. The minimum atomic E-state index is -0.652. The van der Waals surface area contributed by atoms with E-state index in [2.05, 4.69) is 16.9 Å². The molecule has 122 valence electrons. The number of nitrogens with zero attached hydrogens (tertiary/aromatic N) is 1. The summed E-state index contributed by atoms with van der Waals surface area (Å²) < 4.78 is 5.43. The van der Waals surface area contributed by atoms with Gasteiger partial charge in [0.05, 0.1) is 16.5 Å². The number of aromatic nitrogens is 2. The summed E-state index contributed by atoms with van der Waals surface area (Å²) in [5, 5.41) is 0.509. The number of H-pyrrole nitrogens is 1. The second kappa shape index (κ2) is 6.66. The molecule has 3 aromatic rings. The average Bonchev–Trinajstić information content (AvgIpc) is 2.61. The van der Waals surface area contributed by atoms with Crippen LogP contribution in [0.1, 0.15) is 41.7 Å². The third kappa shape index (κ3) is 3.20. The number of hydrogen-bond donors (Lipinski definition) is 1. The second-order valence-corrected chi connectivity index (χ2v) is 5.57. The first-order valence-corrected chi connectivity index (χ1v) is 7.87. The van der Waals surface area contributed by atoms with Crippen molar-refractivity contribution in [2.45, 2.75) is 26.4 Å². The van der Waals surface area contributed by atoms with E-state index in [4.69, 9.17) is 4.74 Å². The Labute approximate surface area is 139 Å². The van der Waals surface area contributed by atoms with Gasteiger partial charge in [-0.25, -0.2) is 9.78 Å². The lowest BCUT2D eigenvalue weighted by Gasteiger charge is -2.13. The molecule has 0 aliphatic carbocycles. The van der Waals surface area contributed by atoms with Crippen LogP contribution in [0.15, 0.2) is 53.3 Å². The van der Waals surface area contributed by atoms with Crippen molar-refractivity contribution >= 4 is 16.9 Å². The van der Waals surface area contributed by atoms with Gasteiger partial charge in [-0.1, -0.05) is 31.2 Å². The molecule has 5 nitrogen and oxygen atoms in total. The Morgan fingerprint density at radius 2 is 1.88 bits per heavy atom. The maximum absolute atomic E-state index is 12.2. The molecule has 0 saturated carbocycles. The molecule has 1 atom stereocenters. The summed E-state index contributed by atoms with van der Waals surface area (Å²) in [7, 11) is 0. The molecule has 0 unspecified atom stereocenters. The zero-order valence-electron chi connectivity index (χ0n) is 13.6. The molecule has 0 saturated heterocycles. The van der Waals surface area contributed by atoms with Crippen LogP contribution in [0.25, 0.3) is 10.9 Å². The van der Waals surface area contributed by atoms with Gasteiger partial charge in [-0.15, -0.1) is 0 Å². The van der Waals surface area contributed by atoms with Crippen LogP contribution >= 0.6 is 0 Å². The first kappa shape index (κ1) is 15.9. The van der Waals surface area contributed by atoms with Crippen molar-refractivity contribution in [1.82, 2.24) is 9.97 Å². The van der Waals surface area contributed by atoms with E-state index in [1.54, 1.807) is 37.3 Å². The minimum Gasteiger partial charge on any atom is -0.451 e. The zero-order chi connectivity index (χ0) is 17.1. The number of nitrogens with one attached hydrogen (secondary N) is 1. The number of para-hydroxylation sites is 1. The molecule has 5 heteroatoms. The molecule has 0 aliphatic heterocycles. The third-order valence-corrected chi connectivity index (χ3v) is 3.90. The van der Waals surface area contributed by atoms with Crippen molar-refractivity contribution in [3.63, 3.8) is 0 Å². The molecule has 0 radical (unpaired) electrons. The van der Waals surface area contributed by atoms with Gasteiger partial charge in [0.25, 0.3) is 5.56 Å². The van der Waals surface area contributed by atoms with Gasteiger partial charge in [-0.3, -0.25) is 4.79 Å². The summed E-state index contributed by atoms with van der Waals surface area (Å²) in [5.74, 6) is -0.113. The molecule has 0 fully saturated rings. The van der Waals surface area contributed by atoms with E-state index in [-0.39, 0.29) is 5.56 Å². The number of aryl methyl sites for hydroxylation is 1. The average molecular weight is 322 g/mol. The summed E-state index contributed by atoms with van der Waals surface area (Å²) in [6.45, 7) is 3.74. The van der Waals surface area contributed by atoms with Crippen LogP contribution in [0.4, 0.5) is 0 Å². The summed E-state index contributed by atoms with van der Waals surface area (Å²) in [4.78, 5) is 31.4. The van der Waals surface area contributed by atoms with E-state index >= 15 is 0 Å². The van der Waals surface area contributed by atoms with E-state index in [1.165, 1.54) is 0 Å². The number of fused-ring (bicyclic) bond motifs is 1. The molecule has 1 heterocycles. The molecule has 0 amide bonds. The molecule has 3 rings (SSSR count). The van der Waals surface area contributed by atoms with Crippen LogP contribution in [0, 0.1) is 0 Å². The van der Waals surface area contributed by atoms with Gasteiger partial charge in [0.2, 0.25) is 0 Å². The highest BCUT2D eigenvalue weighted by Gasteiger charge is 2.16. The molecule has 1 N–H and O–H groups in total. The highest BCUT2D eigenvalue weighted by Crippen LogP contribution is 2.17. The zero-order valence-corrected chi connectivity index (χ0v) is 13.6. The van der Waals surface area contributed by atoms with Crippen LogP contribution in [-0.4, -0.2) is 15.9 Å².